The van der Waals surface area contributed by atoms with Gasteiger partial charge >= 0.3 is 0 Å². The van der Waals surface area contributed by atoms with Crippen molar-refractivity contribution in [2.24, 2.45) is 5.92 Å². The van der Waals surface area contributed by atoms with E-state index in [0.717, 1.165) is 37.2 Å². The van der Waals surface area contributed by atoms with Crippen molar-refractivity contribution in [3.05, 3.63) is 24.3 Å². The molecule has 1 aromatic carbocycles. The fourth-order valence-electron chi connectivity index (χ4n) is 2.98. The van der Waals surface area contributed by atoms with Crippen LogP contribution in [0.4, 0.5) is 0 Å². The van der Waals surface area contributed by atoms with Crippen molar-refractivity contribution in [1.29, 1.82) is 0 Å². The molecule has 0 atom stereocenters. The fraction of sp³-hybridized carbons (Fsp3) is 0.652. The monoisotopic (exact) mass is 392 g/mol. The minimum Gasteiger partial charge on any atom is -0.494 e. The largest absolute Gasteiger partial charge is 0.494 e. The van der Waals surface area contributed by atoms with Gasteiger partial charge in [-0.2, -0.15) is 0 Å². The third-order valence-corrected chi connectivity index (χ3v) is 4.65. The standard InChI is InChI=1S/C23H36O5/c1-4-22(24)21(23(25)5-2)11-9-7-8-10-16-27-19-12-14-20(15-13-19)28-18-17-26-6-3/h12-15,21H,4-11,16-18H2,1-3H3. The first-order valence-corrected chi connectivity index (χ1v) is 10.6. The summed E-state index contributed by atoms with van der Waals surface area (Å²) in [5.74, 6) is 1.42. The second kappa shape index (κ2) is 15.1. The van der Waals surface area contributed by atoms with E-state index in [0.29, 0.717) is 45.7 Å². The van der Waals surface area contributed by atoms with Gasteiger partial charge in [-0.05, 0) is 44.0 Å². The lowest BCUT2D eigenvalue weighted by Gasteiger charge is -2.13. The molecule has 0 N–H and O–H groups in total. The molecular formula is C23H36O5. The summed E-state index contributed by atoms with van der Waals surface area (Å²) < 4.78 is 16.6. The summed E-state index contributed by atoms with van der Waals surface area (Å²) in [6.45, 7) is 8.12. The normalized spacial score (nSPS) is 10.9. The molecule has 0 bridgehead atoms. The van der Waals surface area contributed by atoms with Crippen LogP contribution >= 0.6 is 0 Å². The first-order chi connectivity index (χ1) is 13.6. The van der Waals surface area contributed by atoms with E-state index in [1.165, 1.54) is 0 Å². The molecular weight excluding hydrogens is 356 g/mol. The lowest BCUT2D eigenvalue weighted by Crippen LogP contribution is -2.22. The highest BCUT2D eigenvalue weighted by atomic mass is 16.5. The number of unbranched alkanes of at least 4 members (excludes halogenated alkanes) is 3. The van der Waals surface area contributed by atoms with Crippen LogP contribution in [-0.4, -0.2) is 38.0 Å². The highest BCUT2D eigenvalue weighted by molar-refractivity contribution is 6.02. The average molecular weight is 393 g/mol. The Morgan fingerprint density at radius 1 is 0.750 bits per heavy atom. The van der Waals surface area contributed by atoms with Crippen LogP contribution in [0.3, 0.4) is 0 Å². The van der Waals surface area contributed by atoms with Crippen molar-refractivity contribution >= 4 is 11.6 Å². The fourth-order valence-corrected chi connectivity index (χ4v) is 2.98. The smallest absolute Gasteiger partial charge is 0.143 e. The number of benzene rings is 1. The SMILES string of the molecule is CCOCCOc1ccc(OCCCCCCC(C(=O)CC)C(=O)CC)cc1. The van der Waals surface area contributed by atoms with E-state index >= 15 is 0 Å². The number of hydrogen-bond acceptors (Lipinski definition) is 5. The van der Waals surface area contributed by atoms with Crippen molar-refractivity contribution in [2.75, 3.05) is 26.4 Å². The molecule has 0 fully saturated rings. The van der Waals surface area contributed by atoms with Crippen LogP contribution in [0.5, 0.6) is 11.5 Å². The lowest BCUT2D eigenvalue weighted by molar-refractivity contribution is -0.132. The Labute approximate surface area is 169 Å². The summed E-state index contributed by atoms with van der Waals surface area (Å²) in [6.07, 6.45) is 5.50. The molecule has 5 heteroatoms. The van der Waals surface area contributed by atoms with Crippen LogP contribution in [0.15, 0.2) is 24.3 Å². The van der Waals surface area contributed by atoms with E-state index in [9.17, 15) is 9.59 Å². The molecule has 28 heavy (non-hydrogen) atoms. The molecule has 5 nitrogen and oxygen atoms in total. The molecule has 0 aliphatic carbocycles. The molecule has 0 saturated carbocycles. The van der Waals surface area contributed by atoms with Gasteiger partial charge < -0.3 is 14.2 Å². The molecule has 0 radical (unpaired) electrons. The molecule has 0 aliphatic heterocycles. The minimum absolute atomic E-state index is 0.0838. The maximum Gasteiger partial charge on any atom is 0.143 e. The Balaban J connectivity index is 2.15. The third kappa shape index (κ3) is 9.88. The van der Waals surface area contributed by atoms with Gasteiger partial charge in [0.15, 0.2) is 0 Å². The second-order valence-electron chi connectivity index (χ2n) is 6.76. The molecule has 158 valence electrons. The zero-order chi connectivity index (χ0) is 20.6. The van der Waals surface area contributed by atoms with Crippen molar-refractivity contribution in [3.8, 4) is 11.5 Å². The van der Waals surface area contributed by atoms with Crippen LogP contribution in [0, 0.1) is 5.92 Å². The molecule has 1 aromatic rings. The average Bonchev–Trinajstić information content (AvgIpc) is 2.73. The third-order valence-electron chi connectivity index (χ3n) is 4.65. The number of Topliss-reactive ketones (excluding diaryl/α,β-unsaturated/α-hetero) is 2. The molecule has 0 saturated heterocycles. The van der Waals surface area contributed by atoms with E-state index in [1.807, 2.05) is 45.0 Å². The summed E-state index contributed by atoms with van der Waals surface area (Å²) in [5.41, 5.74) is 0. The topological polar surface area (TPSA) is 61.8 Å². The molecule has 0 spiro atoms. The van der Waals surface area contributed by atoms with Gasteiger partial charge in [0.1, 0.15) is 29.7 Å². The molecule has 0 heterocycles. The predicted molar refractivity (Wildman–Crippen MR) is 111 cm³/mol. The zero-order valence-corrected chi connectivity index (χ0v) is 17.7. The van der Waals surface area contributed by atoms with Crippen molar-refractivity contribution < 1.29 is 23.8 Å². The van der Waals surface area contributed by atoms with Crippen molar-refractivity contribution in [3.63, 3.8) is 0 Å². The van der Waals surface area contributed by atoms with E-state index < -0.39 is 0 Å². The molecule has 0 aliphatic rings. The van der Waals surface area contributed by atoms with Gasteiger partial charge in [-0.25, -0.2) is 0 Å². The number of hydrogen-bond donors (Lipinski definition) is 0. The quantitative estimate of drug-likeness (QED) is 0.276. The number of rotatable bonds is 17. The summed E-state index contributed by atoms with van der Waals surface area (Å²) in [7, 11) is 0. The van der Waals surface area contributed by atoms with Crippen LogP contribution in [0.1, 0.15) is 65.7 Å². The lowest BCUT2D eigenvalue weighted by atomic mass is 9.90. The van der Waals surface area contributed by atoms with Gasteiger partial charge in [0.2, 0.25) is 0 Å². The number of ketones is 2. The number of carbonyl (C=O) groups is 2. The highest BCUT2D eigenvalue weighted by Crippen LogP contribution is 2.19. The zero-order valence-electron chi connectivity index (χ0n) is 17.7. The van der Waals surface area contributed by atoms with Gasteiger partial charge in [0.05, 0.1) is 19.1 Å². The van der Waals surface area contributed by atoms with E-state index in [-0.39, 0.29) is 17.5 Å². The van der Waals surface area contributed by atoms with Crippen LogP contribution in [-0.2, 0) is 14.3 Å². The Kier molecular flexibility index (Phi) is 13.0. The summed E-state index contributed by atoms with van der Waals surface area (Å²) in [4.78, 5) is 23.8. The van der Waals surface area contributed by atoms with Crippen LogP contribution < -0.4 is 9.47 Å². The van der Waals surface area contributed by atoms with Gasteiger partial charge in [0, 0.05) is 19.4 Å². The van der Waals surface area contributed by atoms with E-state index in [4.69, 9.17) is 14.2 Å². The minimum atomic E-state index is -0.388. The molecule has 0 amide bonds. The number of carbonyl (C=O) groups excluding carboxylic acids is 2. The summed E-state index contributed by atoms with van der Waals surface area (Å²) in [6, 6.07) is 7.62. The highest BCUT2D eigenvalue weighted by Gasteiger charge is 2.22. The first-order valence-electron chi connectivity index (χ1n) is 10.6. The molecule has 0 aromatic heterocycles. The summed E-state index contributed by atoms with van der Waals surface area (Å²) in [5, 5.41) is 0. The maximum absolute atomic E-state index is 11.9. The first kappa shape index (κ1) is 24.2. The predicted octanol–water partition coefficient (Wildman–Crippen LogP) is 5.01. The van der Waals surface area contributed by atoms with Crippen molar-refractivity contribution in [2.45, 2.75) is 65.7 Å². The van der Waals surface area contributed by atoms with Gasteiger partial charge in [0.25, 0.3) is 0 Å². The van der Waals surface area contributed by atoms with Crippen molar-refractivity contribution in [1.82, 2.24) is 0 Å². The Bertz CT molecular complexity index is 537. The number of ether oxygens (including phenoxy) is 3. The Morgan fingerprint density at radius 3 is 1.82 bits per heavy atom. The van der Waals surface area contributed by atoms with Gasteiger partial charge in [-0.3, -0.25) is 9.59 Å². The van der Waals surface area contributed by atoms with Gasteiger partial charge in [-0.1, -0.05) is 33.1 Å². The summed E-state index contributed by atoms with van der Waals surface area (Å²) >= 11 is 0. The van der Waals surface area contributed by atoms with Crippen LogP contribution in [0.25, 0.3) is 0 Å². The van der Waals surface area contributed by atoms with E-state index in [2.05, 4.69) is 0 Å². The molecule has 1 rings (SSSR count). The molecule has 0 unspecified atom stereocenters. The van der Waals surface area contributed by atoms with Crippen LogP contribution in [0.2, 0.25) is 0 Å². The van der Waals surface area contributed by atoms with Gasteiger partial charge in [-0.15, -0.1) is 0 Å². The Morgan fingerprint density at radius 2 is 1.29 bits per heavy atom. The van der Waals surface area contributed by atoms with E-state index in [1.54, 1.807) is 0 Å². The maximum atomic E-state index is 11.9. The Hall–Kier alpha value is -1.88. The second-order valence-corrected chi connectivity index (χ2v) is 6.76.